The van der Waals surface area contributed by atoms with Crippen LogP contribution in [0.1, 0.15) is 19.3 Å². The monoisotopic (exact) mass is 348 g/mol. The van der Waals surface area contributed by atoms with Crippen LogP contribution in [-0.4, -0.2) is 67.0 Å². The second-order valence-corrected chi connectivity index (χ2v) is 5.80. The Labute approximate surface area is 139 Å². The van der Waals surface area contributed by atoms with Gasteiger partial charge >= 0.3 is 6.18 Å². The summed E-state index contributed by atoms with van der Waals surface area (Å²) in [4.78, 5) is 9.42. The van der Waals surface area contributed by atoms with E-state index in [2.05, 4.69) is 15.3 Å². The second kappa shape index (κ2) is 9.03. The van der Waals surface area contributed by atoms with Crippen molar-refractivity contribution in [3.05, 3.63) is 12.4 Å². The lowest BCUT2D eigenvalue weighted by Gasteiger charge is -2.22. The Hall–Kier alpha value is -1.61. The van der Waals surface area contributed by atoms with Gasteiger partial charge in [0.2, 0.25) is 5.88 Å². The molecular weight excluding hydrogens is 325 g/mol. The molecule has 0 saturated carbocycles. The fourth-order valence-electron chi connectivity index (χ4n) is 2.42. The molecule has 2 heterocycles. The Kier molecular flexibility index (Phi) is 7.04. The zero-order valence-electron chi connectivity index (χ0n) is 13.7. The summed E-state index contributed by atoms with van der Waals surface area (Å²) in [5.74, 6) is 1.10. The molecule has 9 heteroatoms. The standard InChI is InChI=1S/C15H23F3N4O2/c1-22(10-15(16,17)18)6-2-5-19-13-9-14(21-11-20-13)24-12-3-7-23-8-4-12/h9,11-12H,2-8,10H2,1H3,(H,19,20,21). The lowest BCUT2D eigenvalue weighted by molar-refractivity contribution is -0.142. The van der Waals surface area contributed by atoms with Crippen molar-refractivity contribution in [3.63, 3.8) is 0 Å². The van der Waals surface area contributed by atoms with Crippen LogP contribution in [0.25, 0.3) is 0 Å². The highest BCUT2D eigenvalue weighted by Gasteiger charge is 2.28. The van der Waals surface area contributed by atoms with Crippen molar-refractivity contribution in [2.45, 2.75) is 31.5 Å². The Balaban J connectivity index is 1.70. The molecule has 0 radical (unpaired) electrons. The van der Waals surface area contributed by atoms with E-state index in [-0.39, 0.29) is 6.10 Å². The third kappa shape index (κ3) is 7.31. The fraction of sp³-hybridized carbons (Fsp3) is 0.733. The maximum absolute atomic E-state index is 12.2. The highest BCUT2D eigenvalue weighted by atomic mass is 19.4. The normalized spacial score (nSPS) is 16.4. The maximum atomic E-state index is 12.2. The summed E-state index contributed by atoms with van der Waals surface area (Å²) < 4.78 is 47.7. The first-order valence-corrected chi connectivity index (χ1v) is 7.98. The van der Waals surface area contributed by atoms with Crippen LogP contribution in [-0.2, 0) is 4.74 Å². The second-order valence-electron chi connectivity index (χ2n) is 5.80. The number of nitrogens with zero attached hydrogens (tertiary/aromatic N) is 3. The summed E-state index contributed by atoms with van der Waals surface area (Å²) in [5.41, 5.74) is 0. The molecule has 0 atom stereocenters. The van der Waals surface area contributed by atoms with Crippen molar-refractivity contribution >= 4 is 5.82 Å². The third-order valence-corrected chi connectivity index (χ3v) is 3.57. The lowest BCUT2D eigenvalue weighted by atomic mass is 10.2. The van der Waals surface area contributed by atoms with Gasteiger partial charge in [-0.2, -0.15) is 13.2 Å². The fourth-order valence-corrected chi connectivity index (χ4v) is 2.42. The van der Waals surface area contributed by atoms with E-state index < -0.39 is 12.7 Å². The number of hydrogen-bond donors (Lipinski definition) is 1. The average Bonchev–Trinajstić information content (AvgIpc) is 2.51. The van der Waals surface area contributed by atoms with E-state index in [1.165, 1.54) is 18.3 Å². The van der Waals surface area contributed by atoms with Crippen molar-refractivity contribution in [2.24, 2.45) is 0 Å². The number of aromatic nitrogens is 2. The largest absolute Gasteiger partial charge is 0.474 e. The summed E-state index contributed by atoms with van der Waals surface area (Å²) in [6, 6.07) is 1.70. The van der Waals surface area contributed by atoms with E-state index in [0.717, 1.165) is 12.8 Å². The summed E-state index contributed by atoms with van der Waals surface area (Å²) >= 11 is 0. The molecule has 1 aliphatic rings. The van der Waals surface area contributed by atoms with Crippen molar-refractivity contribution in [3.8, 4) is 5.88 Å². The van der Waals surface area contributed by atoms with Gasteiger partial charge in [0.1, 0.15) is 18.2 Å². The van der Waals surface area contributed by atoms with Crippen LogP contribution in [0.15, 0.2) is 12.4 Å². The van der Waals surface area contributed by atoms with Gasteiger partial charge in [0.25, 0.3) is 0 Å². The summed E-state index contributed by atoms with van der Waals surface area (Å²) in [7, 11) is 1.46. The molecule has 1 saturated heterocycles. The molecule has 0 amide bonds. The average molecular weight is 348 g/mol. The van der Waals surface area contributed by atoms with Crippen LogP contribution in [0.2, 0.25) is 0 Å². The third-order valence-electron chi connectivity index (χ3n) is 3.57. The molecular formula is C15H23F3N4O2. The number of anilines is 1. The highest BCUT2D eigenvalue weighted by Crippen LogP contribution is 2.18. The molecule has 0 unspecified atom stereocenters. The molecule has 1 fully saturated rings. The minimum Gasteiger partial charge on any atom is -0.474 e. The van der Waals surface area contributed by atoms with Crippen molar-refractivity contribution in [1.29, 1.82) is 0 Å². The maximum Gasteiger partial charge on any atom is 0.401 e. The van der Waals surface area contributed by atoms with Crippen LogP contribution >= 0.6 is 0 Å². The number of ether oxygens (including phenoxy) is 2. The van der Waals surface area contributed by atoms with Crippen molar-refractivity contribution in [2.75, 3.05) is 45.2 Å². The minimum absolute atomic E-state index is 0.0949. The van der Waals surface area contributed by atoms with Gasteiger partial charge in [-0.15, -0.1) is 0 Å². The molecule has 1 N–H and O–H groups in total. The molecule has 24 heavy (non-hydrogen) atoms. The number of hydrogen-bond acceptors (Lipinski definition) is 6. The zero-order chi connectivity index (χ0) is 17.4. The molecule has 0 aliphatic carbocycles. The number of alkyl halides is 3. The molecule has 0 bridgehead atoms. The first-order chi connectivity index (χ1) is 11.4. The quantitative estimate of drug-likeness (QED) is 0.728. The molecule has 6 nitrogen and oxygen atoms in total. The van der Waals surface area contributed by atoms with Crippen LogP contribution in [0, 0.1) is 0 Å². The summed E-state index contributed by atoms with van der Waals surface area (Å²) in [6.45, 7) is 1.35. The predicted molar refractivity (Wildman–Crippen MR) is 83.2 cm³/mol. The summed E-state index contributed by atoms with van der Waals surface area (Å²) in [5, 5.41) is 3.08. The van der Waals surface area contributed by atoms with E-state index in [1.54, 1.807) is 6.07 Å². The molecule has 0 spiro atoms. The highest BCUT2D eigenvalue weighted by molar-refractivity contribution is 5.36. The van der Waals surface area contributed by atoms with E-state index >= 15 is 0 Å². The topological polar surface area (TPSA) is 59.5 Å². The van der Waals surface area contributed by atoms with E-state index in [1.807, 2.05) is 0 Å². The van der Waals surface area contributed by atoms with Crippen LogP contribution in [0.5, 0.6) is 5.88 Å². The molecule has 1 aromatic rings. The van der Waals surface area contributed by atoms with E-state index in [0.29, 0.717) is 44.4 Å². The number of nitrogens with one attached hydrogen (secondary N) is 1. The van der Waals surface area contributed by atoms with Gasteiger partial charge in [-0.3, -0.25) is 4.90 Å². The molecule has 136 valence electrons. The van der Waals surface area contributed by atoms with Gasteiger partial charge < -0.3 is 14.8 Å². The Morgan fingerprint density at radius 2 is 2.08 bits per heavy atom. The van der Waals surface area contributed by atoms with Crippen LogP contribution in [0.4, 0.5) is 19.0 Å². The van der Waals surface area contributed by atoms with Gasteiger partial charge in [0.15, 0.2) is 0 Å². The van der Waals surface area contributed by atoms with E-state index in [9.17, 15) is 13.2 Å². The van der Waals surface area contributed by atoms with Gasteiger partial charge in [-0.25, -0.2) is 9.97 Å². The first-order valence-electron chi connectivity index (χ1n) is 7.98. The van der Waals surface area contributed by atoms with Crippen LogP contribution in [0.3, 0.4) is 0 Å². The minimum atomic E-state index is -4.16. The number of rotatable bonds is 8. The molecule has 2 rings (SSSR count). The van der Waals surface area contributed by atoms with Gasteiger partial charge in [0, 0.05) is 25.5 Å². The molecule has 0 aromatic carbocycles. The lowest BCUT2D eigenvalue weighted by Crippen LogP contribution is -2.32. The Bertz CT molecular complexity index is 496. The summed E-state index contributed by atoms with van der Waals surface area (Å²) in [6.07, 6.45) is -0.418. The molecule has 1 aromatic heterocycles. The van der Waals surface area contributed by atoms with E-state index in [4.69, 9.17) is 9.47 Å². The van der Waals surface area contributed by atoms with Gasteiger partial charge in [0.05, 0.1) is 19.8 Å². The molecule has 1 aliphatic heterocycles. The van der Waals surface area contributed by atoms with Gasteiger partial charge in [-0.05, 0) is 20.0 Å². The SMILES string of the molecule is CN(CCCNc1cc(OC2CCOCC2)ncn1)CC(F)(F)F. The zero-order valence-corrected chi connectivity index (χ0v) is 13.7. The van der Waals surface area contributed by atoms with Crippen molar-refractivity contribution < 1.29 is 22.6 Å². The predicted octanol–water partition coefficient (Wildman–Crippen LogP) is 2.33. The first kappa shape index (κ1) is 18.7. The Morgan fingerprint density at radius 1 is 1.33 bits per heavy atom. The van der Waals surface area contributed by atoms with Crippen LogP contribution < -0.4 is 10.1 Å². The Morgan fingerprint density at radius 3 is 2.79 bits per heavy atom. The van der Waals surface area contributed by atoms with Crippen molar-refractivity contribution in [1.82, 2.24) is 14.9 Å². The smallest absolute Gasteiger partial charge is 0.401 e. The number of halogens is 3. The van der Waals surface area contributed by atoms with Gasteiger partial charge in [-0.1, -0.05) is 0 Å².